The molecule has 0 spiro atoms. The van der Waals surface area contributed by atoms with Crippen LogP contribution in [-0.2, 0) is 0 Å². The Balaban J connectivity index is 2.21. The molecule has 2 heterocycles. The normalized spacial score (nSPS) is 10.7. The quantitative estimate of drug-likeness (QED) is 0.799. The van der Waals surface area contributed by atoms with Crippen molar-refractivity contribution in [2.75, 3.05) is 12.8 Å². The van der Waals surface area contributed by atoms with Crippen molar-refractivity contribution in [3.8, 4) is 28.3 Å². The van der Waals surface area contributed by atoms with E-state index in [4.69, 9.17) is 15.0 Å². The van der Waals surface area contributed by atoms with Gasteiger partial charge in [0.25, 0.3) is 0 Å². The number of aryl methyl sites for hydroxylation is 1. The number of nitrogens with two attached hydrogens (primary N) is 1. The molecule has 6 heteroatoms. The van der Waals surface area contributed by atoms with Crippen LogP contribution in [0.2, 0.25) is 0 Å². The number of thiazole rings is 1. The largest absolute Gasteiger partial charge is 0.496 e. The number of nitrogens with zero attached hydrogens (tertiary/aromatic N) is 2. The monoisotopic (exact) mass is 287 g/mol. The number of ether oxygens (including phenoxy) is 1. The van der Waals surface area contributed by atoms with Gasteiger partial charge in [-0.05, 0) is 13.0 Å². The van der Waals surface area contributed by atoms with Gasteiger partial charge in [0.2, 0.25) is 0 Å². The first kappa shape index (κ1) is 12.7. The van der Waals surface area contributed by atoms with Gasteiger partial charge in [0, 0.05) is 10.9 Å². The number of hydrogen-bond acceptors (Lipinski definition) is 6. The minimum atomic E-state index is 0.329. The van der Waals surface area contributed by atoms with Crippen molar-refractivity contribution in [3.63, 3.8) is 0 Å². The van der Waals surface area contributed by atoms with Crippen molar-refractivity contribution in [2.24, 2.45) is 0 Å². The topological polar surface area (TPSA) is 74.2 Å². The smallest absolute Gasteiger partial charge is 0.196 e. The maximum atomic E-state index is 5.96. The molecule has 0 aliphatic heterocycles. The zero-order chi connectivity index (χ0) is 14.1. The van der Waals surface area contributed by atoms with E-state index in [9.17, 15) is 0 Å². The fraction of sp³-hybridized carbons (Fsp3) is 0.143. The van der Waals surface area contributed by atoms with Crippen LogP contribution < -0.4 is 10.5 Å². The van der Waals surface area contributed by atoms with Gasteiger partial charge < -0.3 is 15.0 Å². The second-order valence-corrected chi connectivity index (χ2v) is 5.29. The number of benzene rings is 1. The molecule has 0 fully saturated rings. The summed E-state index contributed by atoms with van der Waals surface area (Å²) in [6.07, 6.45) is 0. The van der Waals surface area contributed by atoms with Crippen LogP contribution in [0.4, 0.5) is 5.82 Å². The molecule has 0 atom stereocenters. The maximum absolute atomic E-state index is 5.96. The molecule has 0 bridgehead atoms. The Morgan fingerprint density at radius 3 is 2.80 bits per heavy atom. The van der Waals surface area contributed by atoms with Crippen LogP contribution in [0.5, 0.6) is 5.75 Å². The van der Waals surface area contributed by atoms with Gasteiger partial charge in [0.15, 0.2) is 11.6 Å². The van der Waals surface area contributed by atoms with Crippen LogP contribution in [0.1, 0.15) is 5.01 Å². The van der Waals surface area contributed by atoms with Crippen LogP contribution in [0.25, 0.3) is 22.6 Å². The minimum Gasteiger partial charge on any atom is -0.496 e. The average Bonchev–Trinajstić information content (AvgIpc) is 3.04. The zero-order valence-corrected chi connectivity index (χ0v) is 11.9. The van der Waals surface area contributed by atoms with Crippen molar-refractivity contribution in [3.05, 3.63) is 34.7 Å². The fourth-order valence-electron chi connectivity index (χ4n) is 2.06. The molecule has 0 radical (unpaired) electrons. The third-order valence-corrected chi connectivity index (χ3v) is 3.72. The van der Waals surface area contributed by atoms with Crippen LogP contribution in [0, 0.1) is 6.92 Å². The van der Waals surface area contributed by atoms with Crippen molar-refractivity contribution >= 4 is 17.2 Å². The first-order valence-electron chi connectivity index (χ1n) is 6.01. The van der Waals surface area contributed by atoms with E-state index in [0.29, 0.717) is 17.1 Å². The van der Waals surface area contributed by atoms with Gasteiger partial charge in [-0.15, -0.1) is 11.3 Å². The maximum Gasteiger partial charge on any atom is 0.196 e. The molecule has 5 nitrogen and oxygen atoms in total. The lowest BCUT2D eigenvalue weighted by Gasteiger charge is -2.07. The van der Waals surface area contributed by atoms with Crippen molar-refractivity contribution in [1.82, 2.24) is 10.1 Å². The molecular formula is C14H13N3O2S. The first-order chi connectivity index (χ1) is 9.70. The number of anilines is 1. The molecule has 0 saturated carbocycles. The summed E-state index contributed by atoms with van der Waals surface area (Å²) in [4.78, 5) is 4.42. The van der Waals surface area contributed by atoms with E-state index in [-0.39, 0.29) is 0 Å². The molecular weight excluding hydrogens is 274 g/mol. The number of nitrogen functional groups attached to an aromatic ring is 1. The Bertz CT molecular complexity index is 748. The Labute approximate surface area is 120 Å². The average molecular weight is 287 g/mol. The van der Waals surface area contributed by atoms with E-state index in [2.05, 4.69) is 10.1 Å². The molecule has 3 rings (SSSR count). The van der Waals surface area contributed by atoms with Gasteiger partial charge in [-0.2, -0.15) is 0 Å². The first-order valence-corrected chi connectivity index (χ1v) is 6.89. The Morgan fingerprint density at radius 2 is 2.10 bits per heavy atom. The molecule has 0 saturated heterocycles. The van der Waals surface area contributed by atoms with E-state index in [1.165, 1.54) is 0 Å². The summed E-state index contributed by atoms with van der Waals surface area (Å²) in [6.45, 7) is 1.94. The minimum absolute atomic E-state index is 0.329. The number of para-hydroxylation sites is 1. The highest BCUT2D eigenvalue weighted by Crippen LogP contribution is 2.40. The Hall–Kier alpha value is -2.34. The van der Waals surface area contributed by atoms with Crippen LogP contribution in [0.15, 0.2) is 34.2 Å². The number of hydrogen-bond donors (Lipinski definition) is 1. The van der Waals surface area contributed by atoms with E-state index in [1.807, 2.05) is 36.6 Å². The summed E-state index contributed by atoms with van der Waals surface area (Å²) < 4.78 is 10.7. The van der Waals surface area contributed by atoms with Crippen LogP contribution in [-0.4, -0.2) is 17.3 Å². The number of rotatable bonds is 3. The van der Waals surface area contributed by atoms with Crippen molar-refractivity contribution in [2.45, 2.75) is 6.92 Å². The van der Waals surface area contributed by atoms with Gasteiger partial charge in [0.1, 0.15) is 11.4 Å². The number of aromatic nitrogens is 2. The van der Waals surface area contributed by atoms with Gasteiger partial charge in [-0.3, -0.25) is 0 Å². The molecule has 20 heavy (non-hydrogen) atoms. The van der Waals surface area contributed by atoms with Crippen LogP contribution >= 0.6 is 11.3 Å². The molecule has 2 N–H and O–H groups in total. The molecule has 3 aromatic rings. The summed E-state index contributed by atoms with van der Waals surface area (Å²) in [5, 5.41) is 6.75. The predicted molar refractivity (Wildman–Crippen MR) is 78.7 cm³/mol. The third kappa shape index (κ3) is 2.04. The van der Waals surface area contributed by atoms with Crippen LogP contribution in [0.3, 0.4) is 0 Å². The molecule has 0 amide bonds. The van der Waals surface area contributed by atoms with Gasteiger partial charge in [-0.1, -0.05) is 23.4 Å². The summed E-state index contributed by atoms with van der Waals surface area (Å²) in [7, 11) is 1.62. The highest BCUT2D eigenvalue weighted by Gasteiger charge is 2.21. The molecule has 102 valence electrons. The predicted octanol–water partition coefficient (Wildman–Crippen LogP) is 3.36. The highest BCUT2D eigenvalue weighted by atomic mass is 32.1. The summed E-state index contributed by atoms with van der Waals surface area (Å²) in [5.74, 6) is 1.61. The molecule has 0 aliphatic rings. The fourth-order valence-corrected chi connectivity index (χ4v) is 2.65. The van der Waals surface area contributed by atoms with E-state index >= 15 is 0 Å². The van der Waals surface area contributed by atoms with Crippen molar-refractivity contribution < 1.29 is 9.26 Å². The zero-order valence-electron chi connectivity index (χ0n) is 11.1. The Morgan fingerprint density at radius 1 is 1.30 bits per heavy atom. The summed E-state index contributed by atoms with van der Waals surface area (Å²) >= 11 is 1.55. The second kappa shape index (κ2) is 4.97. The lowest BCUT2D eigenvalue weighted by Crippen LogP contribution is -1.92. The van der Waals surface area contributed by atoms with E-state index in [0.717, 1.165) is 22.0 Å². The lowest BCUT2D eigenvalue weighted by molar-refractivity contribution is 0.416. The van der Waals surface area contributed by atoms with Gasteiger partial charge in [-0.25, -0.2) is 4.98 Å². The van der Waals surface area contributed by atoms with E-state index < -0.39 is 0 Å². The molecule has 2 aromatic heterocycles. The third-order valence-electron chi connectivity index (χ3n) is 2.95. The van der Waals surface area contributed by atoms with Gasteiger partial charge in [0.05, 0.1) is 17.7 Å². The van der Waals surface area contributed by atoms with Gasteiger partial charge >= 0.3 is 0 Å². The Kier molecular flexibility index (Phi) is 3.15. The molecule has 1 aromatic carbocycles. The second-order valence-electron chi connectivity index (χ2n) is 4.22. The lowest BCUT2D eigenvalue weighted by atomic mass is 10.0. The van der Waals surface area contributed by atoms with E-state index in [1.54, 1.807) is 18.4 Å². The molecule has 0 unspecified atom stereocenters. The highest BCUT2D eigenvalue weighted by molar-refractivity contribution is 7.09. The molecule has 0 aliphatic carbocycles. The summed E-state index contributed by atoms with van der Waals surface area (Å²) in [6, 6.07) is 7.61. The van der Waals surface area contributed by atoms with Crippen molar-refractivity contribution in [1.29, 1.82) is 0 Å². The number of methoxy groups -OCH3 is 1. The SMILES string of the molecule is COc1ccccc1-c1c(N)noc1-c1csc(C)n1. The standard InChI is InChI=1S/C14H13N3O2S/c1-8-16-10(7-20-8)13-12(14(15)17-19-13)9-5-3-4-6-11(9)18-2/h3-7H,1-2H3,(H2,15,17). The summed E-state index contributed by atoms with van der Waals surface area (Å²) in [5.41, 5.74) is 8.25.